The summed E-state index contributed by atoms with van der Waals surface area (Å²) < 4.78 is 33.3. The Labute approximate surface area is 275 Å². The first-order valence-electron chi connectivity index (χ1n) is 17.1. The average Bonchev–Trinajstić information content (AvgIpc) is 3.07. The van der Waals surface area contributed by atoms with Crippen LogP contribution in [-0.2, 0) is 17.3 Å². The highest BCUT2D eigenvalue weighted by molar-refractivity contribution is 5.90. The van der Waals surface area contributed by atoms with Crippen molar-refractivity contribution in [1.29, 1.82) is 0 Å². The number of nitrogens with one attached hydrogen (secondary N) is 1. The van der Waals surface area contributed by atoms with Gasteiger partial charge in [0.1, 0.15) is 30.0 Å². The Morgan fingerprint density at radius 3 is 2.38 bits per heavy atom. The van der Waals surface area contributed by atoms with Crippen LogP contribution in [0.25, 0.3) is 11.0 Å². The van der Waals surface area contributed by atoms with Gasteiger partial charge in [-0.05, 0) is 83.8 Å². The number of carbonyl (C=O) groups is 1. The summed E-state index contributed by atoms with van der Waals surface area (Å²) in [6.45, 7) is 11.8. The molecule has 1 atom stereocenters. The standard InChI is InChI=1S/C35H48F2N8O2/c1-24(2)43-16-18-44(19-17-43)30-21-29-32-38-23-39-33(29)45(34(30)47)22-31(46)41(4)12-5-6-13-42-14-10-27(11-15-42)35(36,37)28-9-7-8-26(20-28)25(3)40-32/h7-9,20-21,23-25,27H,5-6,10-19,22H2,1-4H3,(H,38,39,40)/t25-/m1/s1. The van der Waals surface area contributed by atoms with E-state index in [-0.39, 0.29) is 29.6 Å². The summed E-state index contributed by atoms with van der Waals surface area (Å²) >= 11 is 0. The number of piperazine rings is 1. The topological polar surface area (TPSA) is 89.8 Å². The second-order valence-electron chi connectivity index (χ2n) is 13.7. The highest BCUT2D eigenvalue weighted by Gasteiger charge is 2.42. The fourth-order valence-corrected chi connectivity index (χ4v) is 7.26. The van der Waals surface area contributed by atoms with E-state index in [0.717, 1.165) is 32.5 Å². The van der Waals surface area contributed by atoms with Crippen molar-refractivity contribution in [3.05, 3.63) is 58.1 Å². The minimum Gasteiger partial charge on any atom is -0.364 e. The number of rotatable bonds is 2. The molecule has 47 heavy (non-hydrogen) atoms. The number of halogens is 2. The van der Waals surface area contributed by atoms with Gasteiger partial charge in [0.2, 0.25) is 5.91 Å². The smallest absolute Gasteiger partial charge is 0.276 e. The third-order valence-corrected chi connectivity index (χ3v) is 10.4. The quantitative estimate of drug-likeness (QED) is 0.433. The van der Waals surface area contributed by atoms with Gasteiger partial charge >= 0.3 is 0 Å². The largest absolute Gasteiger partial charge is 0.364 e. The first-order chi connectivity index (χ1) is 22.5. The Hall–Kier alpha value is -3.64. The molecule has 4 aliphatic heterocycles. The third-order valence-electron chi connectivity index (χ3n) is 10.4. The van der Waals surface area contributed by atoms with Gasteiger partial charge in [-0.15, -0.1) is 0 Å². The number of aromatic nitrogens is 3. The van der Waals surface area contributed by atoms with Crippen LogP contribution in [0.2, 0.25) is 0 Å². The maximum absolute atomic E-state index is 15.9. The molecule has 6 heterocycles. The number of carbonyl (C=O) groups excluding carboxylic acids is 1. The van der Waals surface area contributed by atoms with E-state index in [2.05, 4.69) is 43.8 Å². The van der Waals surface area contributed by atoms with Crippen LogP contribution in [0.5, 0.6) is 0 Å². The molecule has 2 aromatic heterocycles. The highest BCUT2D eigenvalue weighted by atomic mass is 19.3. The van der Waals surface area contributed by atoms with Crippen molar-refractivity contribution in [3.8, 4) is 0 Å². The fraction of sp³-hybridized carbons (Fsp3) is 0.600. The molecule has 1 amide bonds. The maximum Gasteiger partial charge on any atom is 0.276 e. The summed E-state index contributed by atoms with van der Waals surface area (Å²) in [7, 11) is 1.77. The van der Waals surface area contributed by atoms with Crippen LogP contribution >= 0.6 is 0 Å². The SMILES string of the molecule is CC(C)N1CCN(c2cc3c4ncnc3n(c2=O)CC(=O)N(C)CCCCN2CCC(CC2)C(F)(F)c2cccc(c2)[C@@H](C)N4)CC1. The van der Waals surface area contributed by atoms with Crippen LogP contribution in [0.3, 0.4) is 0 Å². The second-order valence-corrected chi connectivity index (χ2v) is 13.7. The number of fused-ring (bicyclic) bond motifs is 9. The van der Waals surface area contributed by atoms with Crippen molar-refractivity contribution in [2.24, 2.45) is 5.92 Å². The van der Waals surface area contributed by atoms with Gasteiger partial charge in [-0.25, -0.2) is 18.7 Å². The number of amides is 1. The van der Waals surface area contributed by atoms with Gasteiger partial charge in [0.15, 0.2) is 0 Å². The molecule has 0 unspecified atom stereocenters. The van der Waals surface area contributed by atoms with E-state index in [1.807, 2.05) is 19.1 Å². The average molecular weight is 651 g/mol. The third kappa shape index (κ3) is 6.99. The summed E-state index contributed by atoms with van der Waals surface area (Å²) in [6.07, 6.45) is 3.92. The summed E-state index contributed by atoms with van der Waals surface area (Å²) in [4.78, 5) is 45.2. The Kier molecular flexibility index (Phi) is 9.80. The van der Waals surface area contributed by atoms with Gasteiger partial charge in [0.05, 0.1) is 5.39 Å². The number of alkyl halides is 2. The van der Waals surface area contributed by atoms with Gasteiger partial charge in [-0.2, -0.15) is 0 Å². The number of benzene rings is 1. The zero-order chi connectivity index (χ0) is 33.3. The molecule has 4 aliphatic rings. The number of hydrogen-bond donors (Lipinski definition) is 1. The predicted octanol–water partition coefficient (Wildman–Crippen LogP) is 4.55. The monoisotopic (exact) mass is 650 g/mol. The van der Waals surface area contributed by atoms with Crippen LogP contribution in [0.15, 0.2) is 41.5 Å². The Bertz CT molecular complexity index is 1630. The molecule has 0 saturated carbocycles. The maximum atomic E-state index is 15.9. The van der Waals surface area contributed by atoms with Gasteiger partial charge in [0, 0.05) is 63.3 Å². The minimum absolute atomic E-state index is 0.0405. The summed E-state index contributed by atoms with van der Waals surface area (Å²) in [5, 5.41) is 4.03. The summed E-state index contributed by atoms with van der Waals surface area (Å²) in [5.41, 5.74) is 1.37. The Morgan fingerprint density at radius 2 is 1.66 bits per heavy atom. The summed E-state index contributed by atoms with van der Waals surface area (Å²) in [5.74, 6) is -3.33. The zero-order valence-electron chi connectivity index (χ0n) is 28.1. The highest BCUT2D eigenvalue weighted by Crippen LogP contribution is 2.42. The van der Waals surface area contributed by atoms with Crippen LogP contribution < -0.4 is 15.8 Å². The second kappa shape index (κ2) is 13.8. The van der Waals surface area contributed by atoms with Crippen LogP contribution in [0.1, 0.15) is 63.6 Å². The predicted molar refractivity (Wildman–Crippen MR) is 181 cm³/mol. The first-order valence-corrected chi connectivity index (χ1v) is 17.1. The van der Waals surface area contributed by atoms with Crippen molar-refractivity contribution in [2.75, 3.05) is 69.6 Å². The fourth-order valence-electron chi connectivity index (χ4n) is 7.26. The van der Waals surface area contributed by atoms with Gasteiger partial charge < -0.3 is 20.0 Å². The molecule has 1 N–H and O–H groups in total. The molecule has 254 valence electrons. The van der Waals surface area contributed by atoms with E-state index >= 15 is 8.78 Å². The van der Waals surface area contributed by atoms with Gasteiger partial charge in [0.25, 0.3) is 11.5 Å². The lowest BCUT2D eigenvalue weighted by Crippen LogP contribution is -2.50. The van der Waals surface area contributed by atoms with E-state index in [0.29, 0.717) is 79.7 Å². The van der Waals surface area contributed by atoms with E-state index in [1.165, 1.54) is 17.0 Å². The molecule has 0 spiro atoms. The van der Waals surface area contributed by atoms with Crippen molar-refractivity contribution in [2.45, 2.75) is 71.0 Å². The number of hydrogen-bond acceptors (Lipinski definition) is 8. The normalized spacial score (nSPS) is 24.8. The van der Waals surface area contributed by atoms with E-state index in [4.69, 9.17) is 0 Å². The van der Waals surface area contributed by atoms with Crippen molar-refractivity contribution >= 4 is 28.4 Å². The number of likely N-dealkylation sites (N-methyl/N-ethyl adjacent to an activating group) is 1. The molecule has 7 rings (SSSR count). The van der Waals surface area contributed by atoms with Crippen LogP contribution in [-0.4, -0.2) is 101 Å². The van der Waals surface area contributed by atoms with Crippen molar-refractivity contribution < 1.29 is 13.6 Å². The minimum atomic E-state index is -2.93. The van der Waals surface area contributed by atoms with Crippen molar-refractivity contribution in [3.63, 3.8) is 0 Å². The molecule has 10 nitrogen and oxygen atoms in total. The molecule has 1 aromatic carbocycles. The molecule has 3 aromatic rings. The lowest BCUT2D eigenvalue weighted by atomic mass is 9.85. The Morgan fingerprint density at radius 1 is 0.936 bits per heavy atom. The van der Waals surface area contributed by atoms with Gasteiger partial charge in [-0.3, -0.25) is 19.1 Å². The number of anilines is 2. The number of pyridine rings is 1. The van der Waals surface area contributed by atoms with E-state index in [9.17, 15) is 9.59 Å². The van der Waals surface area contributed by atoms with E-state index in [1.54, 1.807) is 24.1 Å². The summed E-state index contributed by atoms with van der Waals surface area (Å²) in [6, 6.07) is 8.57. The molecule has 0 radical (unpaired) electrons. The van der Waals surface area contributed by atoms with E-state index < -0.39 is 11.8 Å². The molecular formula is C35H48F2N8O2. The lowest BCUT2D eigenvalue weighted by Gasteiger charge is -2.38. The van der Waals surface area contributed by atoms with Crippen molar-refractivity contribution in [1.82, 2.24) is 29.2 Å². The molecule has 8 bridgehead atoms. The molecule has 0 aliphatic carbocycles. The molecule has 12 heteroatoms. The number of nitrogens with zero attached hydrogens (tertiary/aromatic N) is 7. The van der Waals surface area contributed by atoms with Crippen LogP contribution in [0, 0.1) is 5.92 Å². The van der Waals surface area contributed by atoms with Crippen LogP contribution in [0.4, 0.5) is 20.3 Å². The molecule has 2 fully saturated rings. The number of piperidine rings is 1. The molecular weight excluding hydrogens is 602 g/mol. The first kappa shape index (κ1) is 33.3. The molecule has 2 saturated heterocycles. The van der Waals surface area contributed by atoms with Gasteiger partial charge in [-0.1, -0.05) is 18.2 Å². The lowest BCUT2D eigenvalue weighted by molar-refractivity contribution is -0.130. The Balaban J connectivity index is 1.41. The zero-order valence-corrected chi connectivity index (χ0v) is 28.1.